The molecule has 0 amide bonds. The van der Waals surface area contributed by atoms with Crippen LogP contribution in [0.25, 0.3) is 0 Å². The predicted octanol–water partition coefficient (Wildman–Crippen LogP) is 3.00. The van der Waals surface area contributed by atoms with Gasteiger partial charge >= 0.3 is 13.6 Å². The Morgan fingerprint density at radius 1 is 0.870 bits per heavy atom. The first-order chi connectivity index (χ1) is 11.1. The minimum absolute atomic E-state index is 0.177. The Morgan fingerprint density at radius 3 is 1.83 bits per heavy atom. The summed E-state index contributed by atoms with van der Waals surface area (Å²) in [5, 5.41) is 0. The maximum atomic E-state index is 12.6. The van der Waals surface area contributed by atoms with E-state index in [1.807, 2.05) is 0 Å². The first-order valence-electron chi connectivity index (χ1n) is 7.42. The van der Waals surface area contributed by atoms with Crippen LogP contribution in [0.3, 0.4) is 0 Å². The summed E-state index contributed by atoms with van der Waals surface area (Å²) in [7, 11) is -3.56. The van der Waals surface area contributed by atoms with E-state index in [1.54, 1.807) is 0 Å². The largest absolute Gasteiger partial charge is 0.452 e. The zero-order valence-electron chi connectivity index (χ0n) is 13.3. The van der Waals surface area contributed by atoms with Crippen LogP contribution >= 0.6 is 7.60 Å². The van der Waals surface area contributed by atoms with E-state index in [2.05, 4.69) is 17.8 Å². The molecule has 0 heterocycles. The number of carbonyl (C=O) groups excluding carboxylic acids is 1. The van der Waals surface area contributed by atoms with Gasteiger partial charge in [-0.2, -0.15) is 0 Å². The van der Waals surface area contributed by atoms with E-state index in [1.165, 1.54) is 0 Å². The van der Waals surface area contributed by atoms with Crippen LogP contribution in [0.15, 0.2) is 0 Å². The van der Waals surface area contributed by atoms with Crippen molar-refractivity contribution < 1.29 is 23.1 Å². The SMILES string of the molecule is C#CCCCCOP(=O)(CC(=O)OCC#C)OCCCCC#C. The molecule has 0 aromatic heterocycles. The Hall–Kier alpha value is -1.70. The minimum Gasteiger partial charge on any atom is -0.452 e. The molecule has 126 valence electrons. The predicted molar refractivity (Wildman–Crippen MR) is 89.5 cm³/mol. The highest BCUT2D eigenvalue weighted by Gasteiger charge is 2.29. The Bertz CT molecular complexity index is 479. The zero-order chi connectivity index (χ0) is 17.4. The van der Waals surface area contributed by atoms with E-state index >= 15 is 0 Å². The number of unbranched alkanes of at least 4 members (excludes halogenated alkanes) is 4. The summed E-state index contributed by atoms with van der Waals surface area (Å²) >= 11 is 0. The van der Waals surface area contributed by atoms with Gasteiger partial charge in [0.25, 0.3) is 0 Å². The lowest BCUT2D eigenvalue weighted by Gasteiger charge is -2.17. The Morgan fingerprint density at radius 2 is 1.39 bits per heavy atom. The van der Waals surface area contributed by atoms with Crippen LogP contribution in [-0.4, -0.2) is 32.0 Å². The van der Waals surface area contributed by atoms with Gasteiger partial charge in [-0.05, 0) is 25.7 Å². The van der Waals surface area contributed by atoms with Gasteiger partial charge in [-0.25, -0.2) is 0 Å². The van der Waals surface area contributed by atoms with Crippen molar-refractivity contribution in [2.45, 2.75) is 38.5 Å². The van der Waals surface area contributed by atoms with Crippen molar-refractivity contribution in [1.29, 1.82) is 0 Å². The molecule has 6 heteroatoms. The average Bonchev–Trinajstić information content (AvgIpc) is 2.52. The summed E-state index contributed by atoms with van der Waals surface area (Å²) < 4.78 is 27.9. The van der Waals surface area contributed by atoms with Gasteiger partial charge < -0.3 is 13.8 Å². The van der Waals surface area contributed by atoms with Gasteiger partial charge in [0.2, 0.25) is 0 Å². The van der Waals surface area contributed by atoms with Gasteiger partial charge in [0.1, 0.15) is 6.16 Å². The highest BCUT2D eigenvalue weighted by Crippen LogP contribution is 2.48. The van der Waals surface area contributed by atoms with Crippen molar-refractivity contribution >= 4 is 13.6 Å². The Labute approximate surface area is 139 Å². The van der Waals surface area contributed by atoms with Crippen LogP contribution in [-0.2, 0) is 23.1 Å². The third-order valence-electron chi connectivity index (χ3n) is 2.65. The molecule has 0 unspecified atom stereocenters. The number of hydrogen-bond donors (Lipinski definition) is 0. The molecule has 0 N–H and O–H groups in total. The fourth-order valence-electron chi connectivity index (χ4n) is 1.52. The molecule has 0 aromatic carbocycles. The number of carbonyl (C=O) groups is 1. The molecule has 0 saturated heterocycles. The third kappa shape index (κ3) is 12.5. The maximum Gasteiger partial charge on any atom is 0.341 e. The molecule has 0 radical (unpaired) electrons. The number of rotatable bonds is 13. The zero-order valence-corrected chi connectivity index (χ0v) is 14.2. The molecule has 23 heavy (non-hydrogen) atoms. The molecule has 0 rings (SSSR count). The van der Waals surface area contributed by atoms with Crippen LogP contribution < -0.4 is 0 Å². The van der Waals surface area contributed by atoms with E-state index in [4.69, 9.17) is 33.1 Å². The van der Waals surface area contributed by atoms with Crippen molar-refractivity contribution in [2.24, 2.45) is 0 Å². The van der Waals surface area contributed by atoms with Gasteiger partial charge in [-0.1, -0.05) is 5.92 Å². The number of esters is 1. The molecule has 0 aliphatic carbocycles. The average molecular weight is 338 g/mol. The Kier molecular flexibility index (Phi) is 12.9. The molecule has 5 nitrogen and oxygen atoms in total. The number of ether oxygens (including phenoxy) is 1. The van der Waals surface area contributed by atoms with E-state index < -0.39 is 19.7 Å². The molecule has 0 atom stereocenters. The molecule has 0 aromatic rings. The highest BCUT2D eigenvalue weighted by atomic mass is 31.2. The van der Waals surface area contributed by atoms with Crippen molar-refractivity contribution in [3.05, 3.63) is 0 Å². The smallest absolute Gasteiger partial charge is 0.341 e. The molecule has 0 fully saturated rings. The second-order valence-electron chi connectivity index (χ2n) is 4.62. The lowest BCUT2D eigenvalue weighted by atomic mass is 10.2. The van der Waals surface area contributed by atoms with Gasteiger partial charge in [0.15, 0.2) is 6.61 Å². The van der Waals surface area contributed by atoms with E-state index in [0.29, 0.717) is 25.7 Å². The quantitative estimate of drug-likeness (QED) is 0.224. The number of terminal acetylenes is 3. The molecule has 0 aliphatic heterocycles. The fourth-order valence-corrected chi connectivity index (χ4v) is 3.00. The van der Waals surface area contributed by atoms with Gasteiger partial charge in [-0.3, -0.25) is 9.36 Å². The lowest BCUT2D eigenvalue weighted by Crippen LogP contribution is -2.14. The first kappa shape index (κ1) is 21.3. The topological polar surface area (TPSA) is 61.8 Å². The van der Waals surface area contributed by atoms with Crippen molar-refractivity contribution in [2.75, 3.05) is 26.0 Å². The van der Waals surface area contributed by atoms with Crippen molar-refractivity contribution in [3.8, 4) is 37.0 Å². The minimum atomic E-state index is -3.56. The molecular weight excluding hydrogens is 315 g/mol. The van der Waals surface area contributed by atoms with E-state index in [0.717, 1.165) is 12.8 Å². The highest BCUT2D eigenvalue weighted by molar-refractivity contribution is 7.54. The number of hydrogen-bond acceptors (Lipinski definition) is 5. The molecule has 0 saturated carbocycles. The molecule has 0 aliphatic rings. The summed E-state index contributed by atoms with van der Waals surface area (Å²) in [6, 6.07) is 0. The summed E-state index contributed by atoms with van der Waals surface area (Å²) in [4.78, 5) is 11.6. The maximum absolute atomic E-state index is 12.6. The van der Waals surface area contributed by atoms with E-state index in [9.17, 15) is 9.36 Å². The van der Waals surface area contributed by atoms with E-state index in [-0.39, 0.29) is 19.8 Å². The van der Waals surface area contributed by atoms with Crippen LogP contribution in [0, 0.1) is 37.0 Å². The molecule has 0 spiro atoms. The van der Waals surface area contributed by atoms with Crippen LogP contribution in [0.2, 0.25) is 0 Å². The summed E-state index contributed by atoms with van der Waals surface area (Å²) in [5.41, 5.74) is 0. The van der Waals surface area contributed by atoms with Gasteiger partial charge in [-0.15, -0.1) is 31.1 Å². The van der Waals surface area contributed by atoms with Gasteiger partial charge in [0.05, 0.1) is 13.2 Å². The van der Waals surface area contributed by atoms with Crippen LogP contribution in [0.1, 0.15) is 38.5 Å². The van der Waals surface area contributed by atoms with Gasteiger partial charge in [0, 0.05) is 12.8 Å². The lowest BCUT2D eigenvalue weighted by molar-refractivity contribution is -0.139. The van der Waals surface area contributed by atoms with Crippen molar-refractivity contribution in [1.82, 2.24) is 0 Å². The first-order valence-corrected chi connectivity index (χ1v) is 9.15. The van der Waals surface area contributed by atoms with Crippen LogP contribution in [0.4, 0.5) is 0 Å². The molecular formula is C17H23O5P. The van der Waals surface area contributed by atoms with Crippen molar-refractivity contribution in [3.63, 3.8) is 0 Å². The monoisotopic (exact) mass is 338 g/mol. The second-order valence-corrected chi connectivity index (χ2v) is 6.68. The second kappa shape index (κ2) is 13.9. The summed E-state index contributed by atoms with van der Waals surface area (Å²) in [6.45, 7) is 0.223. The fraction of sp³-hybridized carbons (Fsp3) is 0.588. The third-order valence-corrected chi connectivity index (χ3v) is 4.44. The summed E-state index contributed by atoms with van der Waals surface area (Å²) in [5.74, 6) is 6.47. The standard InChI is InChI=1S/C17H23O5P/c1-4-7-9-11-14-21-23(19,16-17(18)20-13-6-3)22-15-12-10-8-5-2/h1-3H,7-16H2. The Balaban J connectivity index is 4.36. The summed E-state index contributed by atoms with van der Waals surface area (Å²) in [6.07, 6.45) is 18.8. The molecule has 0 bridgehead atoms. The van der Waals surface area contributed by atoms with Crippen LogP contribution in [0.5, 0.6) is 0 Å². The normalized spacial score (nSPS) is 10.3.